The second-order valence-corrected chi connectivity index (χ2v) is 5.60. The van der Waals surface area contributed by atoms with Gasteiger partial charge in [0.1, 0.15) is 0 Å². The first-order valence-electron chi connectivity index (χ1n) is 6.12. The molecule has 0 bridgehead atoms. The van der Waals surface area contributed by atoms with Gasteiger partial charge in [0.05, 0.1) is 20.6 Å². The summed E-state index contributed by atoms with van der Waals surface area (Å²) in [5.41, 5.74) is -0.897. The molecular formula is C14H14BrNO5. The molecule has 6 nitrogen and oxygen atoms in total. The number of anilines is 1. The van der Waals surface area contributed by atoms with Gasteiger partial charge in [-0.2, -0.15) is 0 Å². The molecule has 2 rings (SSSR count). The molecular weight excluding hydrogens is 342 g/mol. The molecule has 1 aliphatic heterocycles. The van der Waals surface area contributed by atoms with Crippen LogP contribution in [-0.4, -0.2) is 39.1 Å². The van der Waals surface area contributed by atoms with E-state index in [-0.39, 0.29) is 12.3 Å². The van der Waals surface area contributed by atoms with Crippen molar-refractivity contribution in [3.63, 3.8) is 0 Å². The molecule has 1 amide bonds. The highest BCUT2D eigenvalue weighted by Crippen LogP contribution is 2.43. The fraction of sp³-hybridized carbons (Fsp3) is 0.357. The number of ether oxygens (including phenoxy) is 2. The second-order valence-electron chi connectivity index (χ2n) is 4.68. The van der Waals surface area contributed by atoms with Gasteiger partial charge in [0.25, 0.3) is 0 Å². The number of rotatable bonds is 2. The van der Waals surface area contributed by atoms with Crippen LogP contribution in [0, 0.1) is 0 Å². The van der Waals surface area contributed by atoms with Crippen LogP contribution in [0.3, 0.4) is 0 Å². The summed E-state index contributed by atoms with van der Waals surface area (Å²) in [7, 11) is 3.94. The SMILES string of the molecule is COC(=O)C1(C(=O)OC)CC(=O)N(C)c2cc(Br)ccc21. The van der Waals surface area contributed by atoms with Crippen LogP contribution in [-0.2, 0) is 29.3 Å². The first-order chi connectivity index (χ1) is 9.88. The lowest BCUT2D eigenvalue weighted by Gasteiger charge is -2.37. The van der Waals surface area contributed by atoms with E-state index < -0.39 is 17.4 Å². The maximum absolute atomic E-state index is 12.3. The van der Waals surface area contributed by atoms with Crippen LogP contribution < -0.4 is 4.90 Å². The number of benzene rings is 1. The van der Waals surface area contributed by atoms with Crippen molar-refractivity contribution >= 4 is 39.5 Å². The Balaban J connectivity index is 2.78. The van der Waals surface area contributed by atoms with Gasteiger partial charge in [-0.05, 0) is 12.1 Å². The summed E-state index contributed by atoms with van der Waals surface area (Å²) >= 11 is 3.31. The highest BCUT2D eigenvalue weighted by molar-refractivity contribution is 9.10. The number of carbonyl (C=O) groups excluding carboxylic acids is 3. The molecule has 0 fully saturated rings. The van der Waals surface area contributed by atoms with Crippen LogP contribution in [0.4, 0.5) is 5.69 Å². The quantitative estimate of drug-likeness (QED) is 0.592. The van der Waals surface area contributed by atoms with Crippen LogP contribution in [0.1, 0.15) is 12.0 Å². The van der Waals surface area contributed by atoms with Crippen LogP contribution in [0.15, 0.2) is 22.7 Å². The molecule has 1 aromatic rings. The van der Waals surface area contributed by atoms with Gasteiger partial charge in [-0.15, -0.1) is 0 Å². The number of hydrogen-bond donors (Lipinski definition) is 0. The van der Waals surface area contributed by atoms with Crippen molar-refractivity contribution in [2.45, 2.75) is 11.8 Å². The molecule has 1 heterocycles. The minimum atomic E-state index is -1.76. The summed E-state index contributed by atoms with van der Waals surface area (Å²) in [5.74, 6) is -1.98. The summed E-state index contributed by atoms with van der Waals surface area (Å²) in [6, 6.07) is 4.99. The molecule has 1 aromatic carbocycles. The molecule has 21 heavy (non-hydrogen) atoms. The molecule has 112 valence electrons. The van der Waals surface area contributed by atoms with Crippen LogP contribution in [0.25, 0.3) is 0 Å². The van der Waals surface area contributed by atoms with Gasteiger partial charge in [0.2, 0.25) is 11.3 Å². The summed E-state index contributed by atoms with van der Waals surface area (Å²) in [5, 5.41) is 0. The zero-order chi connectivity index (χ0) is 15.8. The Morgan fingerprint density at radius 1 is 1.24 bits per heavy atom. The van der Waals surface area contributed by atoms with Gasteiger partial charge >= 0.3 is 11.9 Å². The average molecular weight is 356 g/mol. The summed E-state index contributed by atoms with van der Waals surface area (Å²) < 4.78 is 10.3. The maximum Gasteiger partial charge on any atom is 0.328 e. The zero-order valence-electron chi connectivity index (χ0n) is 11.8. The van der Waals surface area contributed by atoms with E-state index in [0.717, 1.165) is 4.47 Å². The number of amides is 1. The molecule has 1 aliphatic rings. The lowest BCUT2D eigenvalue weighted by atomic mass is 9.73. The Hall–Kier alpha value is -1.89. The van der Waals surface area contributed by atoms with E-state index in [1.165, 1.54) is 19.1 Å². The predicted octanol–water partition coefficient (Wildman–Crippen LogP) is 1.40. The topological polar surface area (TPSA) is 72.9 Å². The fourth-order valence-corrected chi connectivity index (χ4v) is 2.86. The van der Waals surface area contributed by atoms with Crippen molar-refractivity contribution in [2.24, 2.45) is 0 Å². The molecule has 0 aromatic heterocycles. The van der Waals surface area contributed by atoms with Gasteiger partial charge in [0.15, 0.2) is 0 Å². The number of fused-ring (bicyclic) bond motifs is 1. The fourth-order valence-electron chi connectivity index (χ4n) is 2.51. The first kappa shape index (κ1) is 15.5. The van der Waals surface area contributed by atoms with Gasteiger partial charge in [-0.25, -0.2) is 0 Å². The average Bonchev–Trinajstić information content (AvgIpc) is 2.49. The standard InChI is InChI=1S/C14H14BrNO5/c1-16-10-6-8(15)4-5-9(10)14(7-11(16)17,12(18)20-2)13(19)21-3/h4-6H,7H2,1-3H3. The van der Waals surface area contributed by atoms with Crippen molar-refractivity contribution < 1.29 is 23.9 Å². The van der Waals surface area contributed by atoms with E-state index in [2.05, 4.69) is 15.9 Å². The van der Waals surface area contributed by atoms with E-state index in [4.69, 9.17) is 9.47 Å². The Kier molecular flexibility index (Phi) is 4.04. The summed E-state index contributed by atoms with van der Waals surface area (Å²) in [6.45, 7) is 0. The Labute approximate surface area is 130 Å². The monoisotopic (exact) mass is 355 g/mol. The zero-order valence-corrected chi connectivity index (χ0v) is 13.4. The van der Waals surface area contributed by atoms with E-state index >= 15 is 0 Å². The van der Waals surface area contributed by atoms with E-state index in [0.29, 0.717) is 11.3 Å². The Morgan fingerprint density at radius 2 is 1.81 bits per heavy atom. The van der Waals surface area contributed by atoms with Crippen LogP contribution in [0.5, 0.6) is 0 Å². The van der Waals surface area contributed by atoms with Gasteiger partial charge in [-0.1, -0.05) is 22.0 Å². The highest BCUT2D eigenvalue weighted by atomic mass is 79.9. The van der Waals surface area contributed by atoms with Crippen molar-refractivity contribution in [2.75, 3.05) is 26.2 Å². The Morgan fingerprint density at radius 3 is 2.33 bits per heavy atom. The molecule has 0 radical (unpaired) electrons. The molecule has 0 atom stereocenters. The number of nitrogens with zero attached hydrogens (tertiary/aromatic N) is 1. The third kappa shape index (κ3) is 2.21. The maximum atomic E-state index is 12.3. The lowest BCUT2D eigenvalue weighted by molar-refractivity contribution is -0.164. The lowest BCUT2D eigenvalue weighted by Crippen LogP contribution is -2.53. The molecule has 0 unspecified atom stereocenters. The minimum Gasteiger partial charge on any atom is -0.468 e. The molecule has 0 spiro atoms. The molecule has 0 saturated carbocycles. The minimum absolute atomic E-state index is 0.322. The van der Waals surface area contributed by atoms with Crippen LogP contribution in [0.2, 0.25) is 0 Å². The molecule has 0 saturated heterocycles. The van der Waals surface area contributed by atoms with E-state index in [1.54, 1.807) is 25.2 Å². The smallest absolute Gasteiger partial charge is 0.328 e. The first-order valence-corrected chi connectivity index (χ1v) is 6.91. The van der Waals surface area contributed by atoms with Crippen LogP contribution >= 0.6 is 15.9 Å². The third-order valence-electron chi connectivity index (χ3n) is 3.64. The van der Waals surface area contributed by atoms with Gasteiger partial charge < -0.3 is 14.4 Å². The molecule has 0 aliphatic carbocycles. The van der Waals surface area contributed by atoms with E-state index in [1.807, 2.05) is 0 Å². The normalized spacial score (nSPS) is 16.2. The van der Waals surface area contributed by atoms with Gasteiger partial charge in [0, 0.05) is 22.8 Å². The van der Waals surface area contributed by atoms with Crippen molar-refractivity contribution in [1.29, 1.82) is 0 Å². The highest BCUT2D eigenvalue weighted by Gasteiger charge is 2.56. The van der Waals surface area contributed by atoms with E-state index in [9.17, 15) is 14.4 Å². The number of hydrogen-bond acceptors (Lipinski definition) is 5. The van der Waals surface area contributed by atoms with Crippen molar-refractivity contribution in [3.05, 3.63) is 28.2 Å². The largest absolute Gasteiger partial charge is 0.468 e. The Bertz CT molecular complexity index is 612. The summed E-state index contributed by atoms with van der Waals surface area (Å²) in [6.07, 6.45) is -0.322. The number of carbonyl (C=O) groups is 3. The number of methoxy groups -OCH3 is 2. The number of halogens is 1. The number of esters is 2. The molecule has 0 N–H and O–H groups in total. The van der Waals surface area contributed by atoms with Crippen molar-refractivity contribution in [3.8, 4) is 0 Å². The molecule has 7 heteroatoms. The van der Waals surface area contributed by atoms with Gasteiger partial charge in [-0.3, -0.25) is 14.4 Å². The third-order valence-corrected chi connectivity index (χ3v) is 4.13. The van der Waals surface area contributed by atoms with Crippen molar-refractivity contribution in [1.82, 2.24) is 0 Å². The second kappa shape index (κ2) is 5.48. The summed E-state index contributed by atoms with van der Waals surface area (Å²) in [4.78, 5) is 38.2. The predicted molar refractivity (Wildman–Crippen MR) is 77.9 cm³/mol.